The molecule has 2 rings (SSSR count). The van der Waals surface area contributed by atoms with Crippen LogP contribution in [0.5, 0.6) is 0 Å². The van der Waals surface area contributed by atoms with Crippen molar-refractivity contribution in [3.05, 3.63) is 53.3 Å². The first-order valence-corrected chi connectivity index (χ1v) is 6.14. The first kappa shape index (κ1) is 14.0. The largest absolute Gasteiger partial charge is 0.343 e. The zero-order chi connectivity index (χ0) is 14.4. The van der Waals surface area contributed by atoms with Crippen molar-refractivity contribution < 1.29 is 9.59 Å². The lowest BCUT2D eigenvalue weighted by Crippen LogP contribution is -2.33. The Morgan fingerprint density at radius 2 is 1.90 bits per heavy atom. The second kappa shape index (κ2) is 6.63. The van der Waals surface area contributed by atoms with Gasteiger partial charge in [0, 0.05) is 11.8 Å². The van der Waals surface area contributed by atoms with Crippen molar-refractivity contribution in [2.75, 3.05) is 11.9 Å². The molecule has 0 unspecified atom stereocenters. The summed E-state index contributed by atoms with van der Waals surface area (Å²) in [5, 5.41) is 5.15. The number of nitrogens with one attached hydrogen (secondary N) is 2. The molecule has 0 aliphatic heterocycles. The van der Waals surface area contributed by atoms with E-state index in [2.05, 4.69) is 20.6 Å². The van der Waals surface area contributed by atoms with Crippen LogP contribution in [0.4, 0.5) is 5.95 Å². The zero-order valence-corrected chi connectivity index (χ0v) is 11.1. The molecule has 2 aromatic rings. The predicted octanol–water partition coefficient (Wildman–Crippen LogP) is 1.50. The van der Waals surface area contributed by atoms with Crippen LogP contribution in [0, 0.1) is 0 Å². The molecule has 0 aliphatic rings. The highest BCUT2D eigenvalue weighted by molar-refractivity contribution is 6.29. The van der Waals surface area contributed by atoms with Crippen LogP contribution in [0.1, 0.15) is 10.4 Å². The molecular weight excluding hydrogens is 280 g/mol. The fourth-order valence-electron chi connectivity index (χ4n) is 1.42. The van der Waals surface area contributed by atoms with Crippen LogP contribution < -0.4 is 10.6 Å². The number of aromatic nitrogens is 2. The van der Waals surface area contributed by atoms with Gasteiger partial charge in [0.15, 0.2) is 0 Å². The summed E-state index contributed by atoms with van der Waals surface area (Å²) in [5.41, 5.74) is 0.485. The van der Waals surface area contributed by atoms with E-state index < -0.39 is 5.91 Å². The molecule has 1 aromatic carbocycles. The van der Waals surface area contributed by atoms with Gasteiger partial charge in [-0.25, -0.2) is 9.97 Å². The average molecular weight is 291 g/mol. The van der Waals surface area contributed by atoms with Crippen molar-refractivity contribution in [2.45, 2.75) is 0 Å². The van der Waals surface area contributed by atoms with E-state index in [4.69, 9.17) is 11.6 Å². The number of carbonyl (C=O) groups is 2. The van der Waals surface area contributed by atoms with E-state index >= 15 is 0 Å². The number of amides is 2. The molecule has 0 aliphatic carbocycles. The van der Waals surface area contributed by atoms with Crippen molar-refractivity contribution in [1.82, 2.24) is 15.3 Å². The van der Waals surface area contributed by atoms with E-state index in [9.17, 15) is 9.59 Å². The Morgan fingerprint density at radius 1 is 1.15 bits per heavy atom. The summed E-state index contributed by atoms with van der Waals surface area (Å²) in [6, 6.07) is 10.1. The molecule has 2 amide bonds. The van der Waals surface area contributed by atoms with Gasteiger partial charge < -0.3 is 5.32 Å². The molecule has 0 bridgehead atoms. The van der Waals surface area contributed by atoms with Crippen molar-refractivity contribution >= 4 is 29.4 Å². The zero-order valence-electron chi connectivity index (χ0n) is 10.3. The topological polar surface area (TPSA) is 84.0 Å². The van der Waals surface area contributed by atoms with Crippen LogP contribution in [0.25, 0.3) is 0 Å². The van der Waals surface area contributed by atoms with E-state index in [1.165, 1.54) is 12.3 Å². The smallest absolute Gasteiger partial charge is 0.251 e. The minimum Gasteiger partial charge on any atom is -0.343 e. The average Bonchev–Trinajstić information content (AvgIpc) is 2.46. The Morgan fingerprint density at radius 3 is 2.60 bits per heavy atom. The standard InChI is InChI=1S/C13H11ClN4O2/c14-10-6-7-15-13(17-10)18-11(19)8-16-12(20)9-4-2-1-3-5-9/h1-7H,8H2,(H,16,20)(H,15,17,18,19). The summed E-state index contributed by atoms with van der Waals surface area (Å²) in [7, 11) is 0. The molecule has 102 valence electrons. The van der Waals surface area contributed by atoms with E-state index in [0.29, 0.717) is 5.56 Å². The van der Waals surface area contributed by atoms with Crippen LogP contribution in [-0.2, 0) is 4.79 Å². The minimum atomic E-state index is -0.434. The van der Waals surface area contributed by atoms with Gasteiger partial charge in [0.25, 0.3) is 5.91 Å². The van der Waals surface area contributed by atoms with Gasteiger partial charge in [-0.1, -0.05) is 29.8 Å². The summed E-state index contributed by atoms with van der Waals surface area (Å²) in [5.74, 6) is -0.666. The highest BCUT2D eigenvalue weighted by Crippen LogP contribution is 2.05. The number of anilines is 1. The second-order valence-corrected chi connectivity index (χ2v) is 4.19. The fourth-order valence-corrected chi connectivity index (χ4v) is 1.55. The minimum absolute atomic E-state index is 0.0939. The summed E-state index contributed by atoms with van der Waals surface area (Å²) in [4.78, 5) is 31.0. The summed E-state index contributed by atoms with van der Waals surface area (Å²) < 4.78 is 0. The maximum Gasteiger partial charge on any atom is 0.251 e. The van der Waals surface area contributed by atoms with Gasteiger partial charge >= 0.3 is 0 Å². The summed E-state index contributed by atoms with van der Waals surface area (Å²) in [6.45, 7) is -0.177. The number of nitrogens with zero attached hydrogens (tertiary/aromatic N) is 2. The van der Waals surface area contributed by atoms with Gasteiger partial charge in [0.2, 0.25) is 11.9 Å². The monoisotopic (exact) mass is 290 g/mol. The molecule has 20 heavy (non-hydrogen) atoms. The number of halogens is 1. The molecule has 1 aromatic heterocycles. The van der Waals surface area contributed by atoms with Gasteiger partial charge in [-0.15, -0.1) is 0 Å². The maximum absolute atomic E-state index is 11.7. The molecule has 1 heterocycles. The maximum atomic E-state index is 11.7. The van der Waals surface area contributed by atoms with E-state index in [0.717, 1.165) is 0 Å². The normalized spacial score (nSPS) is 9.85. The molecule has 0 radical (unpaired) electrons. The third kappa shape index (κ3) is 4.03. The Labute approximate surface area is 120 Å². The van der Waals surface area contributed by atoms with Crippen molar-refractivity contribution in [3.8, 4) is 0 Å². The Bertz CT molecular complexity index is 619. The van der Waals surface area contributed by atoms with Crippen LogP contribution in [0.2, 0.25) is 5.15 Å². The van der Waals surface area contributed by atoms with Crippen LogP contribution in [-0.4, -0.2) is 28.3 Å². The van der Waals surface area contributed by atoms with Crippen molar-refractivity contribution in [1.29, 1.82) is 0 Å². The first-order chi connectivity index (χ1) is 9.65. The number of hydrogen-bond donors (Lipinski definition) is 2. The quantitative estimate of drug-likeness (QED) is 0.836. The molecule has 0 saturated carbocycles. The SMILES string of the molecule is O=C(CNC(=O)c1ccccc1)Nc1nccc(Cl)n1. The number of benzene rings is 1. The second-order valence-electron chi connectivity index (χ2n) is 3.80. The molecule has 7 heteroatoms. The first-order valence-electron chi connectivity index (χ1n) is 5.77. The summed E-state index contributed by atoms with van der Waals surface area (Å²) in [6.07, 6.45) is 1.42. The Hall–Kier alpha value is -2.47. The van der Waals surface area contributed by atoms with E-state index in [1.807, 2.05) is 0 Å². The van der Waals surface area contributed by atoms with Gasteiger partial charge in [0.1, 0.15) is 5.15 Å². The van der Waals surface area contributed by atoms with Crippen LogP contribution in [0.15, 0.2) is 42.6 Å². The molecule has 0 saturated heterocycles. The molecule has 0 atom stereocenters. The highest BCUT2D eigenvalue weighted by Gasteiger charge is 2.08. The van der Waals surface area contributed by atoms with Gasteiger partial charge in [0.05, 0.1) is 6.54 Å². The van der Waals surface area contributed by atoms with Gasteiger partial charge in [-0.2, -0.15) is 0 Å². The Balaban J connectivity index is 1.85. The molecule has 0 fully saturated rings. The highest BCUT2D eigenvalue weighted by atomic mass is 35.5. The lowest BCUT2D eigenvalue weighted by atomic mass is 10.2. The van der Waals surface area contributed by atoms with Gasteiger partial charge in [-0.05, 0) is 18.2 Å². The van der Waals surface area contributed by atoms with E-state index in [1.54, 1.807) is 30.3 Å². The third-order valence-electron chi connectivity index (χ3n) is 2.32. The van der Waals surface area contributed by atoms with E-state index in [-0.39, 0.29) is 23.6 Å². The summed E-state index contributed by atoms with van der Waals surface area (Å²) >= 11 is 5.66. The molecule has 6 nitrogen and oxygen atoms in total. The predicted molar refractivity (Wildman–Crippen MR) is 74.4 cm³/mol. The third-order valence-corrected chi connectivity index (χ3v) is 2.53. The lowest BCUT2D eigenvalue weighted by Gasteiger charge is -2.05. The number of rotatable bonds is 4. The van der Waals surface area contributed by atoms with Crippen molar-refractivity contribution in [3.63, 3.8) is 0 Å². The number of carbonyl (C=O) groups excluding carboxylic acids is 2. The lowest BCUT2D eigenvalue weighted by molar-refractivity contribution is -0.115. The molecule has 2 N–H and O–H groups in total. The van der Waals surface area contributed by atoms with Crippen LogP contribution >= 0.6 is 11.6 Å². The number of hydrogen-bond acceptors (Lipinski definition) is 4. The fraction of sp³-hybridized carbons (Fsp3) is 0.0769. The van der Waals surface area contributed by atoms with Gasteiger partial charge in [-0.3, -0.25) is 14.9 Å². The molecular formula is C13H11ClN4O2. The van der Waals surface area contributed by atoms with Crippen molar-refractivity contribution in [2.24, 2.45) is 0 Å². The Kier molecular flexibility index (Phi) is 4.62. The van der Waals surface area contributed by atoms with Crippen LogP contribution in [0.3, 0.4) is 0 Å². The molecule has 0 spiro atoms.